The Morgan fingerprint density at radius 1 is 1.10 bits per heavy atom. The predicted molar refractivity (Wildman–Crippen MR) is 84.8 cm³/mol. The summed E-state index contributed by atoms with van der Waals surface area (Å²) in [5, 5.41) is 0.566. The van der Waals surface area contributed by atoms with Crippen LogP contribution in [0, 0.1) is 0 Å². The fourth-order valence-corrected chi connectivity index (χ4v) is 2.38. The summed E-state index contributed by atoms with van der Waals surface area (Å²) in [6.45, 7) is 3.33. The van der Waals surface area contributed by atoms with Crippen molar-refractivity contribution in [3.8, 4) is 11.5 Å². The molecule has 0 bridgehead atoms. The topological polar surface area (TPSA) is 44.5 Å². The van der Waals surface area contributed by atoms with Gasteiger partial charge in [-0.25, -0.2) is 0 Å². The van der Waals surface area contributed by atoms with Crippen LogP contribution in [-0.2, 0) is 6.54 Å². The molecule has 0 aliphatic carbocycles. The highest BCUT2D eigenvalue weighted by Crippen LogP contribution is 2.36. The monoisotopic (exact) mass is 299 g/mol. The zero-order valence-corrected chi connectivity index (χ0v) is 13.3. The van der Waals surface area contributed by atoms with E-state index in [9.17, 15) is 0 Å². The van der Waals surface area contributed by atoms with Gasteiger partial charge < -0.3 is 15.2 Å². The lowest BCUT2D eigenvalue weighted by molar-refractivity contribution is 0.284. The van der Waals surface area contributed by atoms with Crippen LogP contribution in [0.1, 0.15) is 51.0 Å². The maximum Gasteiger partial charge on any atom is 0.179 e. The molecule has 1 aromatic carbocycles. The molecule has 0 heterocycles. The molecule has 1 rings (SSSR count). The van der Waals surface area contributed by atoms with Crippen molar-refractivity contribution in [2.45, 2.75) is 52.0 Å². The van der Waals surface area contributed by atoms with Gasteiger partial charge in [0.1, 0.15) is 0 Å². The number of ether oxygens (including phenoxy) is 2. The first-order chi connectivity index (χ1) is 9.72. The Balaban J connectivity index is 2.43. The van der Waals surface area contributed by atoms with E-state index in [1.807, 2.05) is 12.1 Å². The van der Waals surface area contributed by atoms with Crippen LogP contribution >= 0.6 is 11.6 Å². The zero-order valence-electron chi connectivity index (χ0n) is 12.6. The molecule has 20 heavy (non-hydrogen) atoms. The Morgan fingerprint density at radius 2 is 1.80 bits per heavy atom. The molecule has 1 aromatic rings. The van der Waals surface area contributed by atoms with Crippen LogP contribution in [0.5, 0.6) is 11.5 Å². The summed E-state index contributed by atoms with van der Waals surface area (Å²) in [7, 11) is 1.61. The second-order valence-electron chi connectivity index (χ2n) is 4.93. The molecule has 0 spiro atoms. The first-order valence-electron chi connectivity index (χ1n) is 7.42. The molecule has 0 radical (unpaired) electrons. The van der Waals surface area contributed by atoms with Crippen molar-refractivity contribution in [1.29, 1.82) is 0 Å². The molecule has 0 unspecified atom stereocenters. The Hall–Kier alpha value is -0.930. The van der Waals surface area contributed by atoms with Gasteiger partial charge in [-0.2, -0.15) is 0 Å². The van der Waals surface area contributed by atoms with E-state index in [4.69, 9.17) is 26.8 Å². The first-order valence-corrected chi connectivity index (χ1v) is 7.80. The highest BCUT2D eigenvalue weighted by Gasteiger charge is 2.11. The SMILES string of the molecule is CCCCCCCCOc1c(Cl)cc(CN)cc1OC. The summed E-state index contributed by atoms with van der Waals surface area (Å²) in [4.78, 5) is 0. The van der Waals surface area contributed by atoms with E-state index in [1.165, 1.54) is 32.1 Å². The standard InChI is InChI=1S/C16H26ClNO2/c1-3-4-5-6-7-8-9-20-16-14(17)10-13(12-18)11-15(16)19-2/h10-11H,3-9,12,18H2,1-2H3. The number of unbranched alkanes of at least 4 members (excludes halogenated alkanes) is 5. The molecule has 0 atom stereocenters. The predicted octanol–water partition coefficient (Wildman–Crippen LogP) is 4.55. The lowest BCUT2D eigenvalue weighted by Crippen LogP contribution is -2.02. The zero-order chi connectivity index (χ0) is 14.8. The molecule has 0 aliphatic heterocycles. The van der Waals surface area contributed by atoms with Crippen molar-refractivity contribution in [3.05, 3.63) is 22.7 Å². The quantitative estimate of drug-likeness (QED) is 0.645. The molecule has 0 aliphatic rings. The van der Waals surface area contributed by atoms with Gasteiger partial charge in [-0.15, -0.1) is 0 Å². The third-order valence-electron chi connectivity index (χ3n) is 3.27. The van der Waals surface area contributed by atoms with Gasteiger partial charge in [0.25, 0.3) is 0 Å². The Morgan fingerprint density at radius 3 is 2.45 bits per heavy atom. The summed E-state index contributed by atoms with van der Waals surface area (Å²) in [5.41, 5.74) is 6.56. The van der Waals surface area contributed by atoms with Crippen molar-refractivity contribution in [1.82, 2.24) is 0 Å². The Bertz CT molecular complexity index is 396. The van der Waals surface area contributed by atoms with Gasteiger partial charge in [-0.05, 0) is 24.1 Å². The van der Waals surface area contributed by atoms with Crippen molar-refractivity contribution < 1.29 is 9.47 Å². The number of rotatable bonds is 10. The van der Waals surface area contributed by atoms with Gasteiger partial charge >= 0.3 is 0 Å². The third-order valence-corrected chi connectivity index (χ3v) is 3.55. The molecule has 0 saturated heterocycles. The summed E-state index contributed by atoms with van der Waals surface area (Å²) >= 11 is 6.21. The number of hydrogen-bond donors (Lipinski definition) is 1. The van der Waals surface area contributed by atoms with E-state index in [0.29, 0.717) is 29.7 Å². The number of methoxy groups -OCH3 is 1. The molecule has 0 amide bonds. The van der Waals surface area contributed by atoms with Gasteiger partial charge in [0.15, 0.2) is 11.5 Å². The molecule has 4 heteroatoms. The molecular formula is C16H26ClNO2. The maximum atomic E-state index is 6.21. The van der Waals surface area contributed by atoms with Gasteiger partial charge in [-0.3, -0.25) is 0 Å². The van der Waals surface area contributed by atoms with Crippen LogP contribution in [0.4, 0.5) is 0 Å². The molecule has 3 nitrogen and oxygen atoms in total. The van der Waals surface area contributed by atoms with Crippen LogP contribution < -0.4 is 15.2 Å². The summed E-state index contributed by atoms with van der Waals surface area (Å²) in [5.74, 6) is 1.28. The van der Waals surface area contributed by atoms with Gasteiger partial charge in [0, 0.05) is 6.54 Å². The lowest BCUT2D eigenvalue weighted by atomic mass is 10.1. The average molecular weight is 300 g/mol. The first kappa shape index (κ1) is 17.1. The maximum absolute atomic E-state index is 6.21. The summed E-state index contributed by atoms with van der Waals surface area (Å²) in [6, 6.07) is 3.71. The number of benzene rings is 1. The normalized spacial score (nSPS) is 10.6. The summed E-state index contributed by atoms with van der Waals surface area (Å²) in [6.07, 6.45) is 7.42. The fraction of sp³-hybridized carbons (Fsp3) is 0.625. The van der Waals surface area contributed by atoms with E-state index < -0.39 is 0 Å². The summed E-state index contributed by atoms with van der Waals surface area (Å²) < 4.78 is 11.1. The Kier molecular flexibility index (Phi) is 8.47. The third kappa shape index (κ3) is 5.59. The minimum absolute atomic E-state index is 0.438. The minimum Gasteiger partial charge on any atom is -0.493 e. The largest absolute Gasteiger partial charge is 0.493 e. The molecular weight excluding hydrogens is 274 g/mol. The smallest absolute Gasteiger partial charge is 0.179 e. The van der Waals surface area contributed by atoms with Gasteiger partial charge in [0.05, 0.1) is 18.7 Å². The number of halogens is 1. The highest BCUT2D eigenvalue weighted by atomic mass is 35.5. The molecule has 0 fully saturated rings. The number of nitrogens with two attached hydrogens (primary N) is 1. The van der Waals surface area contributed by atoms with Crippen LogP contribution in [-0.4, -0.2) is 13.7 Å². The highest BCUT2D eigenvalue weighted by molar-refractivity contribution is 6.32. The Labute approximate surface area is 127 Å². The molecule has 0 saturated carbocycles. The second kappa shape index (κ2) is 9.89. The van der Waals surface area contributed by atoms with Gasteiger partial charge in [0.2, 0.25) is 0 Å². The van der Waals surface area contributed by atoms with Crippen molar-refractivity contribution in [2.24, 2.45) is 5.73 Å². The van der Waals surface area contributed by atoms with E-state index in [-0.39, 0.29) is 0 Å². The molecule has 114 valence electrons. The molecule has 0 aromatic heterocycles. The van der Waals surface area contributed by atoms with Crippen LogP contribution in [0.2, 0.25) is 5.02 Å². The van der Waals surface area contributed by atoms with Crippen LogP contribution in [0.25, 0.3) is 0 Å². The van der Waals surface area contributed by atoms with Crippen molar-refractivity contribution in [3.63, 3.8) is 0 Å². The van der Waals surface area contributed by atoms with E-state index in [2.05, 4.69) is 6.92 Å². The van der Waals surface area contributed by atoms with E-state index in [1.54, 1.807) is 7.11 Å². The average Bonchev–Trinajstić information content (AvgIpc) is 2.47. The minimum atomic E-state index is 0.438. The fourth-order valence-electron chi connectivity index (χ4n) is 2.09. The van der Waals surface area contributed by atoms with Crippen molar-refractivity contribution in [2.75, 3.05) is 13.7 Å². The van der Waals surface area contributed by atoms with E-state index >= 15 is 0 Å². The van der Waals surface area contributed by atoms with Crippen LogP contribution in [0.15, 0.2) is 12.1 Å². The second-order valence-corrected chi connectivity index (χ2v) is 5.34. The van der Waals surface area contributed by atoms with Crippen LogP contribution in [0.3, 0.4) is 0 Å². The van der Waals surface area contributed by atoms with Gasteiger partial charge in [-0.1, -0.05) is 50.6 Å². The lowest BCUT2D eigenvalue weighted by Gasteiger charge is -2.13. The molecule has 2 N–H and O–H groups in total. The number of hydrogen-bond acceptors (Lipinski definition) is 3. The van der Waals surface area contributed by atoms with Crippen molar-refractivity contribution >= 4 is 11.6 Å². The van der Waals surface area contributed by atoms with E-state index in [0.717, 1.165) is 12.0 Å².